The van der Waals surface area contributed by atoms with Gasteiger partial charge in [-0.3, -0.25) is 4.79 Å². The van der Waals surface area contributed by atoms with Crippen molar-refractivity contribution in [2.75, 3.05) is 7.11 Å². The van der Waals surface area contributed by atoms with Crippen molar-refractivity contribution in [3.05, 3.63) is 101 Å². The van der Waals surface area contributed by atoms with Crippen LogP contribution >= 0.6 is 0 Å². The van der Waals surface area contributed by atoms with Gasteiger partial charge in [0.2, 0.25) is 0 Å². The molecule has 0 bridgehead atoms. The molecule has 0 radical (unpaired) electrons. The molecule has 0 fully saturated rings. The molecule has 0 aliphatic rings. The molecule has 0 spiro atoms. The van der Waals surface area contributed by atoms with Crippen LogP contribution in [0.1, 0.15) is 27.0 Å². The highest BCUT2D eigenvalue weighted by Gasteiger charge is 2.09. The van der Waals surface area contributed by atoms with Gasteiger partial charge in [-0.25, -0.2) is 10.2 Å². The fraction of sp³-hybridized carbons (Fsp3) is 0.0800. The van der Waals surface area contributed by atoms with E-state index in [0.717, 1.165) is 11.1 Å². The van der Waals surface area contributed by atoms with Crippen molar-refractivity contribution in [1.29, 1.82) is 0 Å². The zero-order valence-electron chi connectivity index (χ0n) is 17.2. The number of rotatable bonds is 7. The van der Waals surface area contributed by atoms with Crippen LogP contribution in [0.25, 0.3) is 6.08 Å². The molecular formula is C25H22N2O4. The highest BCUT2D eigenvalue weighted by molar-refractivity contribution is 5.95. The number of hydrogen-bond acceptors (Lipinski definition) is 5. The molecule has 0 atom stereocenters. The average Bonchev–Trinajstić information content (AvgIpc) is 2.79. The number of carbonyl (C=O) groups excluding carboxylic acids is 2. The summed E-state index contributed by atoms with van der Waals surface area (Å²) in [5.41, 5.74) is 5.63. The minimum Gasteiger partial charge on any atom is -0.493 e. The second kappa shape index (κ2) is 10.5. The molecule has 0 aliphatic heterocycles. The third kappa shape index (κ3) is 6.40. The first-order chi connectivity index (χ1) is 15.0. The molecule has 0 aromatic heterocycles. The summed E-state index contributed by atoms with van der Waals surface area (Å²) in [5, 5.41) is 3.97. The van der Waals surface area contributed by atoms with Gasteiger partial charge in [0, 0.05) is 11.6 Å². The number of methoxy groups -OCH3 is 1. The summed E-state index contributed by atoms with van der Waals surface area (Å²) >= 11 is 0. The molecular weight excluding hydrogens is 392 g/mol. The third-order valence-corrected chi connectivity index (χ3v) is 4.30. The van der Waals surface area contributed by atoms with Gasteiger partial charge in [-0.05, 0) is 54.5 Å². The van der Waals surface area contributed by atoms with Gasteiger partial charge in [0.1, 0.15) is 0 Å². The fourth-order valence-electron chi connectivity index (χ4n) is 2.65. The first-order valence-corrected chi connectivity index (χ1v) is 9.58. The first kappa shape index (κ1) is 21.5. The van der Waals surface area contributed by atoms with Gasteiger partial charge in [-0.15, -0.1) is 0 Å². The zero-order valence-corrected chi connectivity index (χ0v) is 17.2. The van der Waals surface area contributed by atoms with Crippen LogP contribution in [0.4, 0.5) is 0 Å². The second-order valence-electron chi connectivity index (χ2n) is 6.64. The van der Waals surface area contributed by atoms with Crippen LogP contribution in [0.3, 0.4) is 0 Å². The standard InChI is InChI=1S/C25H22N2O4/c1-18-8-12-21(13-9-18)25(29)27-26-17-20-10-14-22(23(16-20)30-2)31-24(28)15-11-19-6-4-3-5-7-19/h3-17H,1-2H3,(H,27,29). The Hall–Kier alpha value is -4.19. The van der Waals surface area contributed by atoms with E-state index in [1.165, 1.54) is 19.4 Å². The zero-order chi connectivity index (χ0) is 22.1. The number of esters is 1. The lowest BCUT2D eigenvalue weighted by molar-refractivity contribution is -0.129. The van der Waals surface area contributed by atoms with Crippen LogP contribution in [-0.2, 0) is 4.79 Å². The topological polar surface area (TPSA) is 77.0 Å². The van der Waals surface area contributed by atoms with E-state index in [9.17, 15) is 9.59 Å². The highest BCUT2D eigenvalue weighted by atomic mass is 16.6. The monoisotopic (exact) mass is 414 g/mol. The van der Waals surface area contributed by atoms with Crippen molar-refractivity contribution >= 4 is 24.2 Å². The molecule has 31 heavy (non-hydrogen) atoms. The van der Waals surface area contributed by atoms with Crippen molar-refractivity contribution in [1.82, 2.24) is 5.43 Å². The Labute approximate surface area is 180 Å². The summed E-state index contributed by atoms with van der Waals surface area (Å²) in [7, 11) is 1.48. The van der Waals surface area contributed by atoms with Crippen LogP contribution in [0.2, 0.25) is 0 Å². The quantitative estimate of drug-likeness (QED) is 0.205. The van der Waals surface area contributed by atoms with Crippen molar-refractivity contribution < 1.29 is 19.1 Å². The maximum atomic E-state index is 12.1. The van der Waals surface area contributed by atoms with E-state index < -0.39 is 5.97 Å². The molecule has 0 unspecified atom stereocenters. The maximum Gasteiger partial charge on any atom is 0.336 e. The van der Waals surface area contributed by atoms with Gasteiger partial charge in [0.15, 0.2) is 11.5 Å². The van der Waals surface area contributed by atoms with Crippen LogP contribution < -0.4 is 14.9 Å². The minimum atomic E-state index is -0.520. The number of hydrazone groups is 1. The number of ether oxygens (including phenoxy) is 2. The smallest absolute Gasteiger partial charge is 0.336 e. The van der Waals surface area contributed by atoms with E-state index in [4.69, 9.17) is 9.47 Å². The maximum absolute atomic E-state index is 12.1. The predicted molar refractivity (Wildman–Crippen MR) is 120 cm³/mol. The molecule has 0 saturated heterocycles. The Morgan fingerprint density at radius 3 is 2.35 bits per heavy atom. The summed E-state index contributed by atoms with van der Waals surface area (Å²) in [6.45, 7) is 1.95. The number of benzene rings is 3. The van der Waals surface area contributed by atoms with E-state index in [1.54, 1.807) is 36.4 Å². The molecule has 3 aromatic rings. The van der Waals surface area contributed by atoms with E-state index >= 15 is 0 Å². The summed E-state index contributed by atoms with van der Waals surface area (Å²) in [4.78, 5) is 24.2. The number of nitrogens with zero attached hydrogens (tertiary/aromatic N) is 1. The molecule has 3 rings (SSSR count). The Kier molecular flexibility index (Phi) is 7.32. The highest BCUT2D eigenvalue weighted by Crippen LogP contribution is 2.27. The number of nitrogens with one attached hydrogen (secondary N) is 1. The SMILES string of the molecule is COc1cc(C=NNC(=O)c2ccc(C)cc2)ccc1OC(=O)C=Cc1ccccc1. The van der Waals surface area contributed by atoms with Crippen molar-refractivity contribution in [2.45, 2.75) is 6.92 Å². The minimum absolute atomic E-state index is 0.283. The van der Waals surface area contributed by atoms with E-state index in [2.05, 4.69) is 10.5 Å². The normalized spacial score (nSPS) is 10.9. The van der Waals surface area contributed by atoms with Crippen LogP contribution in [-0.4, -0.2) is 25.2 Å². The van der Waals surface area contributed by atoms with Crippen LogP contribution in [0, 0.1) is 6.92 Å². The third-order valence-electron chi connectivity index (χ3n) is 4.30. The van der Waals surface area contributed by atoms with E-state index in [0.29, 0.717) is 16.9 Å². The summed E-state index contributed by atoms with van der Waals surface area (Å²) < 4.78 is 10.7. The van der Waals surface area contributed by atoms with Gasteiger partial charge in [0.25, 0.3) is 5.91 Å². The summed E-state index contributed by atoms with van der Waals surface area (Å²) in [5.74, 6) is -0.172. The van der Waals surface area contributed by atoms with Crippen LogP contribution in [0.5, 0.6) is 11.5 Å². The summed E-state index contributed by atoms with van der Waals surface area (Å²) in [6, 6.07) is 21.6. The molecule has 0 aliphatic carbocycles. The van der Waals surface area contributed by atoms with Crippen molar-refractivity contribution in [3.8, 4) is 11.5 Å². The largest absolute Gasteiger partial charge is 0.493 e. The molecule has 1 amide bonds. The average molecular weight is 414 g/mol. The fourth-order valence-corrected chi connectivity index (χ4v) is 2.65. The van der Waals surface area contributed by atoms with E-state index in [1.807, 2.05) is 49.4 Å². The molecule has 156 valence electrons. The number of hydrogen-bond donors (Lipinski definition) is 1. The molecule has 6 nitrogen and oxygen atoms in total. The Morgan fingerprint density at radius 2 is 1.65 bits per heavy atom. The molecule has 0 saturated carbocycles. The van der Waals surface area contributed by atoms with Crippen LogP contribution in [0.15, 0.2) is 84.0 Å². The van der Waals surface area contributed by atoms with Gasteiger partial charge < -0.3 is 9.47 Å². The Morgan fingerprint density at radius 1 is 0.903 bits per heavy atom. The second-order valence-corrected chi connectivity index (χ2v) is 6.64. The van der Waals surface area contributed by atoms with E-state index in [-0.39, 0.29) is 11.7 Å². The van der Waals surface area contributed by atoms with Gasteiger partial charge in [-0.1, -0.05) is 48.0 Å². The molecule has 6 heteroatoms. The lowest BCUT2D eigenvalue weighted by Crippen LogP contribution is -2.17. The van der Waals surface area contributed by atoms with Gasteiger partial charge in [0.05, 0.1) is 13.3 Å². The Balaban J connectivity index is 1.61. The first-order valence-electron chi connectivity index (χ1n) is 9.58. The molecule has 1 N–H and O–H groups in total. The lowest BCUT2D eigenvalue weighted by atomic mass is 10.1. The number of carbonyl (C=O) groups is 2. The lowest BCUT2D eigenvalue weighted by Gasteiger charge is -2.08. The predicted octanol–water partition coefficient (Wildman–Crippen LogP) is 4.39. The molecule has 0 heterocycles. The number of amides is 1. The molecule has 3 aromatic carbocycles. The Bertz CT molecular complexity index is 1100. The summed E-state index contributed by atoms with van der Waals surface area (Å²) in [6.07, 6.45) is 4.51. The van der Waals surface area contributed by atoms with Crippen molar-refractivity contribution in [3.63, 3.8) is 0 Å². The van der Waals surface area contributed by atoms with Crippen molar-refractivity contribution in [2.24, 2.45) is 5.10 Å². The van der Waals surface area contributed by atoms with Gasteiger partial charge in [-0.2, -0.15) is 5.10 Å². The van der Waals surface area contributed by atoms with Gasteiger partial charge >= 0.3 is 5.97 Å². The number of aryl methyl sites for hydroxylation is 1.